The SMILES string of the molecule is C[C@H](Sc1n[nH]c(C(C)(C)C)n1)C(=O)Nc1ccccc1[N+](=O)[O-]. The van der Waals surface area contributed by atoms with Crippen molar-refractivity contribution in [3.8, 4) is 0 Å². The van der Waals surface area contributed by atoms with Crippen LogP contribution < -0.4 is 5.32 Å². The maximum absolute atomic E-state index is 12.3. The number of aromatic amines is 1. The van der Waals surface area contributed by atoms with E-state index in [-0.39, 0.29) is 22.7 Å². The zero-order chi connectivity index (χ0) is 17.9. The fraction of sp³-hybridized carbons (Fsp3) is 0.400. The van der Waals surface area contributed by atoms with E-state index in [9.17, 15) is 14.9 Å². The Balaban J connectivity index is 2.05. The largest absolute Gasteiger partial charge is 0.319 e. The number of rotatable bonds is 5. The molecule has 0 unspecified atom stereocenters. The van der Waals surface area contributed by atoms with E-state index in [0.29, 0.717) is 5.16 Å². The molecule has 0 aliphatic heterocycles. The number of nitrogens with one attached hydrogen (secondary N) is 2. The molecule has 2 aromatic rings. The molecule has 1 aromatic carbocycles. The van der Waals surface area contributed by atoms with Gasteiger partial charge < -0.3 is 5.32 Å². The molecule has 0 spiro atoms. The number of nitrogens with zero attached hydrogens (tertiary/aromatic N) is 3. The molecule has 0 aliphatic rings. The Labute approximate surface area is 143 Å². The fourth-order valence-electron chi connectivity index (χ4n) is 1.82. The lowest BCUT2D eigenvalue weighted by atomic mass is 9.96. The summed E-state index contributed by atoms with van der Waals surface area (Å²) in [5.41, 5.74) is -0.136. The minimum Gasteiger partial charge on any atom is -0.319 e. The third kappa shape index (κ3) is 4.31. The van der Waals surface area contributed by atoms with Crippen molar-refractivity contribution in [3.63, 3.8) is 0 Å². The molecule has 0 bridgehead atoms. The monoisotopic (exact) mass is 349 g/mol. The lowest BCUT2D eigenvalue weighted by Gasteiger charge is -2.13. The van der Waals surface area contributed by atoms with Crippen LogP contribution in [0.25, 0.3) is 0 Å². The van der Waals surface area contributed by atoms with Crippen molar-refractivity contribution in [3.05, 3.63) is 40.2 Å². The molecule has 8 nitrogen and oxygen atoms in total. The third-order valence-electron chi connectivity index (χ3n) is 3.19. The Morgan fingerprint density at radius 1 is 1.38 bits per heavy atom. The van der Waals surface area contributed by atoms with Crippen LogP contribution in [-0.4, -0.2) is 31.3 Å². The second-order valence-electron chi connectivity index (χ2n) is 6.24. The molecular formula is C15H19N5O3S. The first-order valence-corrected chi connectivity index (χ1v) is 8.20. The van der Waals surface area contributed by atoms with Gasteiger partial charge in [-0.2, -0.15) is 0 Å². The van der Waals surface area contributed by atoms with Gasteiger partial charge in [0.2, 0.25) is 11.1 Å². The van der Waals surface area contributed by atoms with E-state index in [1.54, 1.807) is 19.1 Å². The lowest BCUT2D eigenvalue weighted by molar-refractivity contribution is -0.383. The number of thioether (sulfide) groups is 1. The zero-order valence-corrected chi connectivity index (χ0v) is 14.7. The molecule has 1 heterocycles. The van der Waals surface area contributed by atoms with E-state index in [2.05, 4.69) is 20.5 Å². The van der Waals surface area contributed by atoms with Gasteiger partial charge in [-0.15, -0.1) is 5.10 Å². The molecule has 0 aliphatic carbocycles. The second kappa shape index (κ2) is 7.00. The number of carbonyl (C=O) groups is 1. The number of nitro groups is 1. The zero-order valence-electron chi connectivity index (χ0n) is 13.9. The summed E-state index contributed by atoms with van der Waals surface area (Å²) in [4.78, 5) is 27.1. The van der Waals surface area contributed by atoms with Gasteiger partial charge in [0.05, 0.1) is 10.2 Å². The summed E-state index contributed by atoms with van der Waals surface area (Å²) in [5.74, 6) is 0.382. The van der Waals surface area contributed by atoms with Crippen LogP contribution in [0.4, 0.5) is 11.4 Å². The summed E-state index contributed by atoms with van der Waals surface area (Å²) >= 11 is 1.19. The Hall–Kier alpha value is -2.42. The van der Waals surface area contributed by atoms with E-state index in [1.807, 2.05) is 20.8 Å². The molecule has 1 aromatic heterocycles. The molecule has 128 valence electrons. The summed E-state index contributed by atoms with van der Waals surface area (Å²) in [6, 6.07) is 6.02. The molecule has 0 saturated heterocycles. The maximum Gasteiger partial charge on any atom is 0.292 e. The quantitative estimate of drug-likeness (QED) is 0.487. The Bertz CT molecular complexity index is 754. The molecule has 1 atom stereocenters. The van der Waals surface area contributed by atoms with Gasteiger partial charge in [0.25, 0.3) is 5.69 Å². The number of nitro benzene ring substituents is 1. The van der Waals surface area contributed by atoms with Crippen molar-refractivity contribution in [2.45, 2.75) is 43.5 Å². The fourth-order valence-corrected chi connectivity index (χ4v) is 2.54. The Morgan fingerprint density at radius 2 is 2.04 bits per heavy atom. The highest BCUT2D eigenvalue weighted by atomic mass is 32.2. The van der Waals surface area contributed by atoms with Crippen LogP contribution in [0.1, 0.15) is 33.5 Å². The van der Waals surface area contributed by atoms with E-state index >= 15 is 0 Å². The first-order chi connectivity index (χ1) is 11.2. The standard InChI is InChI=1S/C15H19N5O3S/c1-9(24-14-17-13(18-19-14)15(2,3)4)12(21)16-10-7-5-6-8-11(10)20(22)23/h5-9H,1-4H3,(H,16,21)(H,17,18,19)/t9-/m0/s1. The van der Waals surface area contributed by atoms with Crippen LogP contribution in [0.3, 0.4) is 0 Å². The minimum absolute atomic E-state index is 0.143. The minimum atomic E-state index is -0.529. The summed E-state index contributed by atoms with van der Waals surface area (Å²) in [6.07, 6.45) is 0. The number of hydrogen-bond acceptors (Lipinski definition) is 6. The predicted octanol–water partition coefficient (Wildman–Crippen LogP) is 3.13. The average molecular weight is 349 g/mol. The summed E-state index contributed by atoms with van der Waals surface area (Å²) < 4.78 is 0. The molecule has 0 saturated carbocycles. The maximum atomic E-state index is 12.3. The normalized spacial score (nSPS) is 12.7. The van der Waals surface area contributed by atoms with E-state index in [4.69, 9.17) is 0 Å². The van der Waals surface area contributed by atoms with E-state index in [0.717, 1.165) is 5.82 Å². The molecule has 0 fully saturated rings. The first kappa shape index (κ1) is 17.9. The van der Waals surface area contributed by atoms with Gasteiger partial charge in [-0.05, 0) is 13.0 Å². The van der Waals surface area contributed by atoms with Crippen molar-refractivity contribution in [2.24, 2.45) is 0 Å². The van der Waals surface area contributed by atoms with Crippen molar-refractivity contribution >= 4 is 29.0 Å². The van der Waals surface area contributed by atoms with Crippen LogP contribution >= 0.6 is 11.8 Å². The number of amides is 1. The number of H-pyrrole nitrogens is 1. The molecule has 2 rings (SSSR count). The smallest absolute Gasteiger partial charge is 0.292 e. The molecule has 9 heteroatoms. The molecule has 0 radical (unpaired) electrons. The predicted molar refractivity (Wildman–Crippen MR) is 92.1 cm³/mol. The third-order valence-corrected chi connectivity index (χ3v) is 4.15. The summed E-state index contributed by atoms with van der Waals surface area (Å²) in [6.45, 7) is 7.72. The van der Waals surface area contributed by atoms with Gasteiger partial charge in [-0.1, -0.05) is 44.7 Å². The highest BCUT2D eigenvalue weighted by Crippen LogP contribution is 2.27. The second-order valence-corrected chi connectivity index (χ2v) is 7.55. The molecule has 24 heavy (non-hydrogen) atoms. The van der Waals surface area contributed by atoms with Gasteiger partial charge in [-0.3, -0.25) is 20.0 Å². The number of benzene rings is 1. The Morgan fingerprint density at radius 3 is 2.62 bits per heavy atom. The van der Waals surface area contributed by atoms with Crippen LogP contribution in [-0.2, 0) is 10.2 Å². The highest BCUT2D eigenvalue weighted by Gasteiger charge is 2.23. The van der Waals surface area contributed by atoms with Gasteiger partial charge >= 0.3 is 0 Å². The van der Waals surface area contributed by atoms with Crippen LogP contribution in [0.5, 0.6) is 0 Å². The first-order valence-electron chi connectivity index (χ1n) is 7.32. The van der Waals surface area contributed by atoms with Crippen LogP contribution in [0.2, 0.25) is 0 Å². The highest BCUT2D eigenvalue weighted by molar-refractivity contribution is 8.00. The summed E-state index contributed by atoms with van der Waals surface area (Å²) in [5, 5.41) is 20.5. The van der Waals surface area contributed by atoms with Crippen molar-refractivity contribution < 1.29 is 9.72 Å². The van der Waals surface area contributed by atoms with Crippen molar-refractivity contribution in [2.75, 3.05) is 5.32 Å². The van der Waals surface area contributed by atoms with Gasteiger partial charge in [-0.25, -0.2) is 4.98 Å². The van der Waals surface area contributed by atoms with E-state index < -0.39 is 10.2 Å². The van der Waals surface area contributed by atoms with E-state index in [1.165, 1.54) is 23.9 Å². The number of anilines is 1. The molecular weight excluding hydrogens is 330 g/mol. The lowest BCUT2D eigenvalue weighted by Crippen LogP contribution is -2.23. The van der Waals surface area contributed by atoms with Gasteiger partial charge in [0.15, 0.2) is 0 Å². The molecule has 1 amide bonds. The number of aromatic nitrogens is 3. The average Bonchev–Trinajstić information content (AvgIpc) is 2.96. The van der Waals surface area contributed by atoms with Crippen molar-refractivity contribution in [1.29, 1.82) is 0 Å². The molecule has 2 N–H and O–H groups in total. The van der Waals surface area contributed by atoms with Crippen LogP contribution in [0, 0.1) is 10.1 Å². The van der Waals surface area contributed by atoms with Crippen LogP contribution in [0.15, 0.2) is 29.4 Å². The topological polar surface area (TPSA) is 114 Å². The number of hydrogen-bond donors (Lipinski definition) is 2. The van der Waals surface area contributed by atoms with Crippen molar-refractivity contribution in [1.82, 2.24) is 15.2 Å². The number of para-hydroxylation sites is 2. The Kier molecular flexibility index (Phi) is 5.23. The summed E-state index contributed by atoms with van der Waals surface area (Å²) in [7, 11) is 0. The van der Waals surface area contributed by atoms with Gasteiger partial charge in [0, 0.05) is 11.5 Å². The number of carbonyl (C=O) groups excluding carboxylic acids is 1. The van der Waals surface area contributed by atoms with Gasteiger partial charge in [0.1, 0.15) is 11.5 Å².